The fourth-order valence-corrected chi connectivity index (χ4v) is 1.76. The largest absolute Gasteiger partial charge is 0.478 e. The van der Waals surface area contributed by atoms with Gasteiger partial charge in [-0.1, -0.05) is 11.6 Å². The lowest BCUT2D eigenvalue weighted by Gasteiger charge is -2.12. The maximum Gasteiger partial charge on any atom is 0.433 e. The van der Waals surface area contributed by atoms with E-state index in [0.717, 1.165) is 17.8 Å². The van der Waals surface area contributed by atoms with Crippen molar-refractivity contribution in [3.8, 4) is 0 Å². The smallest absolute Gasteiger partial charge is 0.433 e. The molecule has 2 rings (SSSR count). The predicted octanol–water partition coefficient (Wildman–Crippen LogP) is 3.85. The van der Waals surface area contributed by atoms with E-state index in [0.29, 0.717) is 0 Å². The third-order valence-corrected chi connectivity index (χ3v) is 2.73. The van der Waals surface area contributed by atoms with Gasteiger partial charge >= 0.3 is 12.1 Å². The first-order valence-corrected chi connectivity index (χ1v) is 5.91. The molecule has 1 aromatic carbocycles. The van der Waals surface area contributed by atoms with Crippen LogP contribution in [-0.2, 0) is 6.18 Å². The summed E-state index contributed by atoms with van der Waals surface area (Å²) in [6.45, 7) is 1.73. The van der Waals surface area contributed by atoms with Crippen molar-refractivity contribution < 1.29 is 23.1 Å². The van der Waals surface area contributed by atoms with Crippen molar-refractivity contribution in [1.82, 2.24) is 4.98 Å². The van der Waals surface area contributed by atoms with Crippen molar-refractivity contribution in [3.63, 3.8) is 0 Å². The molecule has 4 nitrogen and oxygen atoms in total. The Labute approximate surface area is 118 Å². The fraction of sp³-hybridized carbons (Fsp3) is 0.143. The summed E-state index contributed by atoms with van der Waals surface area (Å²) in [6, 6.07) is 6.77. The lowest BCUT2D eigenvalue weighted by atomic mass is 10.1. The van der Waals surface area contributed by atoms with Crippen LogP contribution >= 0.6 is 0 Å². The zero-order chi connectivity index (χ0) is 15.6. The normalized spacial score (nSPS) is 11.2. The number of pyridine rings is 1. The predicted molar refractivity (Wildman–Crippen MR) is 70.7 cm³/mol. The summed E-state index contributed by atoms with van der Waals surface area (Å²) in [5.74, 6) is -1.16. The molecule has 0 spiro atoms. The summed E-state index contributed by atoms with van der Waals surface area (Å²) < 4.78 is 37.7. The number of benzene rings is 1. The van der Waals surface area contributed by atoms with E-state index in [1.165, 1.54) is 18.2 Å². The highest BCUT2D eigenvalue weighted by atomic mass is 19.4. The summed E-state index contributed by atoms with van der Waals surface area (Å²) in [5, 5.41) is 11.8. The molecule has 7 heteroatoms. The summed E-state index contributed by atoms with van der Waals surface area (Å²) in [5.41, 5.74) is 0.0108. The summed E-state index contributed by atoms with van der Waals surface area (Å²) >= 11 is 0. The molecule has 2 N–H and O–H groups in total. The Bertz CT molecular complexity index is 684. The van der Waals surface area contributed by atoms with Gasteiger partial charge in [0.15, 0.2) is 0 Å². The number of nitrogens with one attached hydrogen (secondary N) is 1. The van der Waals surface area contributed by atoms with E-state index in [9.17, 15) is 18.0 Å². The van der Waals surface area contributed by atoms with Crippen LogP contribution in [-0.4, -0.2) is 16.1 Å². The number of alkyl halides is 3. The fourth-order valence-electron chi connectivity index (χ4n) is 1.76. The maximum absolute atomic E-state index is 12.6. The number of carboxylic acids is 1. The van der Waals surface area contributed by atoms with Gasteiger partial charge in [-0.2, -0.15) is 13.2 Å². The number of rotatable bonds is 3. The molecule has 0 aliphatic rings. The molecule has 0 amide bonds. The number of aromatic carboxylic acids is 1. The molecule has 2 aromatic rings. The van der Waals surface area contributed by atoms with Crippen LogP contribution in [0.4, 0.5) is 24.5 Å². The Hall–Kier alpha value is -2.57. The number of hydrogen-bond donors (Lipinski definition) is 2. The van der Waals surface area contributed by atoms with Crippen molar-refractivity contribution in [2.75, 3.05) is 5.32 Å². The molecule has 0 aliphatic carbocycles. The standard InChI is InChI=1S/C14H11F3N2O2/c1-8-2-3-11(10(6-8)13(20)21)19-9-4-5-18-12(7-9)14(15,16)17/h2-7H,1H3,(H,18,19)(H,20,21). The van der Waals surface area contributed by atoms with Crippen LogP contribution < -0.4 is 5.32 Å². The first-order chi connectivity index (χ1) is 9.77. The van der Waals surface area contributed by atoms with E-state index in [4.69, 9.17) is 5.11 Å². The highest BCUT2D eigenvalue weighted by molar-refractivity contribution is 5.95. The SMILES string of the molecule is Cc1ccc(Nc2ccnc(C(F)(F)F)c2)c(C(=O)O)c1. The molecular weight excluding hydrogens is 285 g/mol. The average Bonchev–Trinajstić information content (AvgIpc) is 2.40. The third kappa shape index (κ3) is 3.50. The molecule has 0 saturated heterocycles. The van der Waals surface area contributed by atoms with Crippen LogP contribution in [0.25, 0.3) is 0 Å². The summed E-state index contributed by atoms with van der Waals surface area (Å²) in [6.07, 6.45) is -3.54. The van der Waals surface area contributed by atoms with Crippen molar-refractivity contribution in [3.05, 3.63) is 53.3 Å². The second-order valence-corrected chi connectivity index (χ2v) is 4.41. The van der Waals surface area contributed by atoms with Crippen LogP contribution in [0.2, 0.25) is 0 Å². The third-order valence-electron chi connectivity index (χ3n) is 2.73. The number of aromatic nitrogens is 1. The van der Waals surface area contributed by atoms with Crippen molar-refractivity contribution in [2.24, 2.45) is 0 Å². The van der Waals surface area contributed by atoms with Crippen LogP contribution in [0, 0.1) is 6.92 Å². The maximum atomic E-state index is 12.6. The Morgan fingerprint density at radius 2 is 1.95 bits per heavy atom. The molecule has 110 valence electrons. The molecule has 0 unspecified atom stereocenters. The van der Waals surface area contributed by atoms with Gasteiger partial charge in [0.25, 0.3) is 0 Å². The Morgan fingerprint density at radius 1 is 1.24 bits per heavy atom. The van der Waals surface area contributed by atoms with Crippen LogP contribution in [0.15, 0.2) is 36.5 Å². The molecule has 0 fully saturated rings. The topological polar surface area (TPSA) is 62.2 Å². The van der Waals surface area contributed by atoms with E-state index < -0.39 is 17.8 Å². The van der Waals surface area contributed by atoms with Gasteiger partial charge in [-0.25, -0.2) is 4.79 Å². The van der Waals surface area contributed by atoms with Crippen molar-refractivity contribution >= 4 is 17.3 Å². The van der Waals surface area contributed by atoms with Crippen LogP contribution in [0.5, 0.6) is 0 Å². The van der Waals surface area contributed by atoms with Gasteiger partial charge in [-0.15, -0.1) is 0 Å². The first-order valence-electron chi connectivity index (χ1n) is 5.91. The van der Waals surface area contributed by atoms with Gasteiger partial charge in [0, 0.05) is 11.9 Å². The van der Waals surface area contributed by atoms with Gasteiger partial charge in [0.2, 0.25) is 0 Å². The highest BCUT2D eigenvalue weighted by Crippen LogP contribution is 2.30. The van der Waals surface area contributed by atoms with E-state index in [-0.39, 0.29) is 16.9 Å². The Kier molecular flexibility index (Phi) is 3.84. The minimum Gasteiger partial charge on any atom is -0.478 e. The first kappa shape index (κ1) is 14.8. The average molecular weight is 296 g/mol. The van der Waals surface area contributed by atoms with Crippen LogP contribution in [0.1, 0.15) is 21.6 Å². The zero-order valence-corrected chi connectivity index (χ0v) is 10.9. The minimum atomic E-state index is -4.55. The van der Waals surface area contributed by atoms with Crippen LogP contribution in [0.3, 0.4) is 0 Å². The molecule has 0 atom stereocenters. The lowest BCUT2D eigenvalue weighted by Crippen LogP contribution is -2.09. The number of aryl methyl sites for hydroxylation is 1. The van der Waals surface area contributed by atoms with Crippen molar-refractivity contribution in [1.29, 1.82) is 0 Å². The highest BCUT2D eigenvalue weighted by Gasteiger charge is 2.32. The van der Waals surface area contributed by atoms with Gasteiger partial charge in [0.05, 0.1) is 11.3 Å². The molecule has 0 saturated carbocycles. The van der Waals surface area contributed by atoms with Crippen molar-refractivity contribution in [2.45, 2.75) is 13.1 Å². The Balaban J connectivity index is 2.37. The van der Waals surface area contributed by atoms with Gasteiger partial charge in [-0.05, 0) is 31.2 Å². The molecule has 1 heterocycles. The van der Waals surface area contributed by atoms with E-state index in [1.807, 2.05) is 0 Å². The molecule has 0 aliphatic heterocycles. The van der Waals surface area contributed by atoms with Gasteiger partial charge < -0.3 is 10.4 Å². The molecular formula is C14H11F3N2O2. The van der Waals surface area contributed by atoms with Gasteiger partial charge in [0.1, 0.15) is 5.69 Å². The van der Waals surface area contributed by atoms with E-state index in [1.54, 1.807) is 13.0 Å². The number of hydrogen-bond acceptors (Lipinski definition) is 3. The number of anilines is 2. The summed E-state index contributed by atoms with van der Waals surface area (Å²) in [7, 11) is 0. The number of carbonyl (C=O) groups is 1. The second kappa shape index (κ2) is 5.43. The molecule has 1 aromatic heterocycles. The van der Waals surface area contributed by atoms with Gasteiger partial charge in [-0.3, -0.25) is 4.98 Å². The number of halogens is 3. The minimum absolute atomic E-state index is 0.0135. The number of carboxylic acid groups (broad SMARTS) is 1. The second-order valence-electron chi connectivity index (χ2n) is 4.41. The lowest BCUT2D eigenvalue weighted by molar-refractivity contribution is -0.141. The molecule has 0 bridgehead atoms. The molecule has 21 heavy (non-hydrogen) atoms. The summed E-state index contributed by atoms with van der Waals surface area (Å²) in [4.78, 5) is 14.4. The van der Waals surface area contributed by atoms with E-state index >= 15 is 0 Å². The monoisotopic (exact) mass is 296 g/mol. The molecule has 0 radical (unpaired) electrons. The van der Waals surface area contributed by atoms with E-state index in [2.05, 4.69) is 10.3 Å². The Morgan fingerprint density at radius 3 is 2.57 bits per heavy atom. The quantitative estimate of drug-likeness (QED) is 0.903. The zero-order valence-electron chi connectivity index (χ0n) is 10.9. The number of nitrogens with zero attached hydrogens (tertiary/aromatic N) is 1.